The van der Waals surface area contributed by atoms with Crippen molar-refractivity contribution in [2.45, 2.75) is 20.3 Å². The van der Waals surface area contributed by atoms with E-state index in [9.17, 15) is 4.79 Å². The molecule has 0 aliphatic carbocycles. The first-order chi connectivity index (χ1) is 8.54. The lowest BCUT2D eigenvalue weighted by Crippen LogP contribution is -2.10. The third kappa shape index (κ3) is 2.10. The zero-order valence-electron chi connectivity index (χ0n) is 11.3. The van der Waals surface area contributed by atoms with Crippen molar-refractivity contribution in [3.05, 3.63) is 29.8 Å². The van der Waals surface area contributed by atoms with Crippen LogP contribution >= 0.6 is 0 Å². The molecule has 2 rings (SSSR count). The van der Waals surface area contributed by atoms with Gasteiger partial charge in [-0.3, -0.25) is 4.79 Å². The maximum Gasteiger partial charge on any atom is 0.170 e. The average Bonchev–Trinajstić information content (AvgIpc) is 2.66. The van der Waals surface area contributed by atoms with Gasteiger partial charge in [-0.05, 0) is 18.1 Å². The molecule has 0 aromatic carbocycles. The largest absolute Gasteiger partial charge is 0.376 e. The van der Waals surface area contributed by atoms with Crippen LogP contribution in [0.2, 0.25) is 0 Å². The highest BCUT2D eigenvalue weighted by atomic mass is 16.1. The maximum atomic E-state index is 11.2. The van der Waals surface area contributed by atoms with Crippen molar-refractivity contribution in [3.8, 4) is 0 Å². The topological polar surface area (TPSA) is 37.6 Å². The molecule has 2 heterocycles. The number of nitrogens with zero attached hydrogens (tertiary/aromatic N) is 3. The number of imidazole rings is 1. The number of carbonyl (C=O) groups is 1. The molecule has 4 nitrogen and oxygen atoms in total. The first-order valence-electron chi connectivity index (χ1n) is 6.17. The lowest BCUT2D eigenvalue weighted by Gasteiger charge is -2.14. The van der Waals surface area contributed by atoms with E-state index in [2.05, 4.69) is 18.8 Å². The van der Waals surface area contributed by atoms with Gasteiger partial charge in [0.05, 0.1) is 11.2 Å². The predicted octanol–water partition coefficient (Wildman–Crippen LogP) is 2.41. The predicted molar refractivity (Wildman–Crippen MR) is 73.4 cm³/mol. The molecule has 0 saturated carbocycles. The molecule has 4 heteroatoms. The summed E-state index contributed by atoms with van der Waals surface area (Å²) in [5, 5.41) is 0. The number of hydrogen-bond acceptors (Lipinski definition) is 3. The molecule has 0 unspecified atom stereocenters. The zero-order valence-corrected chi connectivity index (χ0v) is 11.3. The average molecular weight is 245 g/mol. The van der Waals surface area contributed by atoms with E-state index >= 15 is 0 Å². The lowest BCUT2D eigenvalue weighted by atomic mass is 10.1. The number of aldehydes is 1. The van der Waals surface area contributed by atoms with Crippen molar-refractivity contribution in [2.75, 3.05) is 19.0 Å². The summed E-state index contributed by atoms with van der Waals surface area (Å²) < 4.78 is 2.03. The first kappa shape index (κ1) is 12.6. The molecular formula is C14H19N3O. The van der Waals surface area contributed by atoms with Gasteiger partial charge in [-0.2, -0.15) is 0 Å². The molecule has 0 aliphatic heterocycles. The van der Waals surface area contributed by atoms with Gasteiger partial charge in [0.25, 0.3) is 0 Å². The van der Waals surface area contributed by atoms with Crippen molar-refractivity contribution in [1.29, 1.82) is 0 Å². The number of carbonyl (C=O) groups excluding carboxylic acids is 1. The SMILES string of the molecule is CC(C)Cc1nc(C=O)c2c(N(C)C)cccn12. The summed E-state index contributed by atoms with van der Waals surface area (Å²) in [5.74, 6) is 1.46. The Morgan fingerprint density at radius 3 is 2.72 bits per heavy atom. The zero-order chi connectivity index (χ0) is 13.3. The number of pyridine rings is 1. The van der Waals surface area contributed by atoms with E-state index < -0.39 is 0 Å². The molecular weight excluding hydrogens is 226 g/mol. The smallest absolute Gasteiger partial charge is 0.170 e. The van der Waals surface area contributed by atoms with Crippen LogP contribution in [-0.2, 0) is 6.42 Å². The van der Waals surface area contributed by atoms with Crippen LogP contribution in [0, 0.1) is 5.92 Å². The second-order valence-corrected chi connectivity index (χ2v) is 5.14. The molecule has 0 fully saturated rings. The standard InChI is InChI=1S/C14H19N3O/c1-10(2)8-13-15-11(9-18)14-12(16(3)4)6-5-7-17(13)14/h5-7,9-10H,8H2,1-4H3. The van der Waals surface area contributed by atoms with Crippen LogP contribution in [0.3, 0.4) is 0 Å². The highest BCUT2D eigenvalue weighted by molar-refractivity contribution is 5.91. The normalized spacial score (nSPS) is 11.2. The van der Waals surface area contributed by atoms with Crippen molar-refractivity contribution >= 4 is 17.5 Å². The van der Waals surface area contributed by atoms with Crippen LogP contribution < -0.4 is 4.90 Å². The summed E-state index contributed by atoms with van der Waals surface area (Å²) in [4.78, 5) is 17.7. The minimum Gasteiger partial charge on any atom is -0.376 e. The molecule has 18 heavy (non-hydrogen) atoms. The summed E-state index contributed by atoms with van der Waals surface area (Å²) in [6.07, 6.45) is 3.68. The van der Waals surface area contributed by atoms with Gasteiger partial charge in [0.15, 0.2) is 6.29 Å². The van der Waals surface area contributed by atoms with Gasteiger partial charge in [0.1, 0.15) is 11.5 Å². The van der Waals surface area contributed by atoms with Crippen LogP contribution in [0.4, 0.5) is 5.69 Å². The number of anilines is 1. The Labute approximate surface area is 107 Å². The quantitative estimate of drug-likeness (QED) is 0.776. The monoisotopic (exact) mass is 245 g/mol. The Morgan fingerprint density at radius 1 is 1.44 bits per heavy atom. The van der Waals surface area contributed by atoms with E-state index in [1.807, 2.05) is 41.7 Å². The van der Waals surface area contributed by atoms with Gasteiger partial charge in [0.2, 0.25) is 0 Å². The van der Waals surface area contributed by atoms with E-state index in [0.717, 1.165) is 29.7 Å². The van der Waals surface area contributed by atoms with E-state index in [1.165, 1.54) is 0 Å². The Balaban J connectivity index is 2.70. The van der Waals surface area contributed by atoms with E-state index in [0.29, 0.717) is 11.6 Å². The minimum absolute atomic E-state index is 0.512. The summed E-state index contributed by atoms with van der Waals surface area (Å²) in [6, 6.07) is 3.99. The fourth-order valence-electron chi connectivity index (χ4n) is 2.16. The summed E-state index contributed by atoms with van der Waals surface area (Å²) in [5.41, 5.74) is 2.44. The Bertz CT molecular complexity index is 570. The van der Waals surface area contributed by atoms with Gasteiger partial charge in [-0.15, -0.1) is 0 Å². The minimum atomic E-state index is 0.512. The Kier molecular flexibility index (Phi) is 3.36. The van der Waals surface area contributed by atoms with Crippen molar-refractivity contribution in [1.82, 2.24) is 9.38 Å². The molecule has 0 aliphatic rings. The number of rotatable bonds is 4. The molecule has 0 spiro atoms. The Hall–Kier alpha value is -1.84. The molecule has 0 radical (unpaired) electrons. The second-order valence-electron chi connectivity index (χ2n) is 5.14. The van der Waals surface area contributed by atoms with Gasteiger partial charge >= 0.3 is 0 Å². The van der Waals surface area contributed by atoms with Gasteiger partial charge in [-0.1, -0.05) is 13.8 Å². The highest BCUT2D eigenvalue weighted by Gasteiger charge is 2.15. The van der Waals surface area contributed by atoms with Crippen LogP contribution in [0.15, 0.2) is 18.3 Å². The molecule has 0 bridgehead atoms. The molecule has 0 amide bonds. The van der Waals surface area contributed by atoms with Crippen LogP contribution in [0.25, 0.3) is 5.52 Å². The summed E-state index contributed by atoms with van der Waals surface area (Å²) >= 11 is 0. The van der Waals surface area contributed by atoms with E-state index in [-0.39, 0.29) is 0 Å². The van der Waals surface area contributed by atoms with Crippen molar-refractivity contribution in [2.24, 2.45) is 5.92 Å². The third-order valence-corrected chi connectivity index (χ3v) is 2.93. The van der Waals surface area contributed by atoms with Gasteiger partial charge < -0.3 is 9.30 Å². The molecule has 0 N–H and O–H groups in total. The molecule has 2 aromatic heterocycles. The molecule has 0 atom stereocenters. The Morgan fingerprint density at radius 2 is 2.17 bits per heavy atom. The second kappa shape index (κ2) is 4.80. The van der Waals surface area contributed by atoms with Gasteiger partial charge in [-0.25, -0.2) is 4.98 Å². The van der Waals surface area contributed by atoms with E-state index in [1.54, 1.807) is 0 Å². The fraction of sp³-hybridized carbons (Fsp3) is 0.429. The van der Waals surface area contributed by atoms with E-state index in [4.69, 9.17) is 0 Å². The lowest BCUT2D eigenvalue weighted by molar-refractivity contribution is 0.112. The number of aromatic nitrogens is 2. The molecule has 96 valence electrons. The van der Waals surface area contributed by atoms with Crippen molar-refractivity contribution < 1.29 is 4.79 Å². The number of hydrogen-bond donors (Lipinski definition) is 0. The highest BCUT2D eigenvalue weighted by Crippen LogP contribution is 2.24. The third-order valence-electron chi connectivity index (χ3n) is 2.93. The van der Waals surface area contributed by atoms with Crippen LogP contribution in [0.5, 0.6) is 0 Å². The molecule has 2 aromatic rings. The van der Waals surface area contributed by atoms with Crippen LogP contribution in [0.1, 0.15) is 30.2 Å². The summed E-state index contributed by atoms with van der Waals surface area (Å²) in [7, 11) is 3.94. The number of fused-ring (bicyclic) bond motifs is 1. The van der Waals surface area contributed by atoms with Crippen molar-refractivity contribution in [3.63, 3.8) is 0 Å². The first-order valence-corrected chi connectivity index (χ1v) is 6.17. The summed E-state index contributed by atoms with van der Waals surface area (Å²) in [6.45, 7) is 4.30. The molecule has 0 saturated heterocycles. The van der Waals surface area contributed by atoms with Crippen LogP contribution in [-0.4, -0.2) is 29.8 Å². The fourth-order valence-corrected chi connectivity index (χ4v) is 2.16. The van der Waals surface area contributed by atoms with Gasteiger partial charge in [0, 0.05) is 26.7 Å². The maximum absolute atomic E-state index is 11.2.